The van der Waals surface area contributed by atoms with Crippen molar-refractivity contribution in [3.05, 3.63) is 12.2 Å². The van der Waals surface area contributed by atoms with E-state index < -0.39 is 17.7 Å². The Bertz CT molecular complexity index is 269. The molecule has 0 spiro atoms. The fourth-order valence-electron chi connectivity index (χ4n) is 1.34. The molecule has 0 radical (unpaired) electrons. The van der Waals surface area contributed by atoms with Crippen LogP contribution in [0.3, 0.4) is 0 Å². The molecule has 0 saturated heterocycles. The minimum absolute atomic E-state index is 0.444. The molecule has 1 aliphatic rings. The van der Waals surface area contributed by atoms with E-state index in [2.05, 4.69) is 0 Å². The van der Waals surface area contributed by atoms with Crippen molar-refractivity contribution in [2.45, 2.75) is 38.9 Å². The predicted molar refractivity (Wildman–Crippen MR) is 49.3 cm³/mol. The van der Waals surface area contributed by atoms with E-state index in [1.54, 1.807) is 0 Å². The number of carbonyl (C=O) groups is 2. The maximum Gasteiger partial charge on any atom is 0.334 e. The van der Waals surface area contributed by atoms with Gasteiger partial charge in [0.2, 0.25) is 0 Å². The Morgan fingerprint density at radius 3 is 2.79 bits per heavy atom. The minimum atomic E-state index is -1.14. The average Bonchev–Trinajstić information content (AvgIpc) is 2.43. The number of carbonyl (C=O) groups excluding carboxylic acids is 2. The quantitative estimate of drug-likeness (QED) is 0.643. The highest BCUT2D eigenvalue weighted by Crippen LogP contribution is 2.27. The lowest BCUT2D eigenvalue weighted by Crippen LogP contribution is -2.33. The topological polar surface area (TPSA) is 52.6 Å². The molecule has 4 heteroatoms. The summed E-state index contributed by atoms with van der Waals surface area (Å²) in [6.45, 7) is 3.32. The Morgan fingerprint density at radius 2 is 2.36 bits per heavy atom. The minimum Gasteiger partial charge on any atom is -0.419 e. The lowest BCUT2D eigenvalue weighted by Gasteiger charge is -2.25. The molecule has 0 saturated carbocycles. The molecule has 0 fully saturated rings. The summed E-state index contributed by atoms with van der Waals surface area (Å²) in [6.07, 6.45) is 5.11. The summed E-state index contributed by atoms with van der Waals surface area (Å²) >= 11 is 0. The molecule has 1 heterocycles. The van der Waals surface area contributed by atoms with Crippen LogP contribution in [-0.4, -0.2) is 17.7 Å². The zero-order valence-corrected chi connectivity index (χ0v) is 8.41. The Hall–Kier alpha value is -1.32. The van der Waals surface area contributed by atoms with Crippen molar-refractivity contribution < 1.29 is 19.1 Å². The van der Waals surface area contributed by atoms with Crippen molar-refractivity contribution in [3.63, 3.8) is 0 Å². The SMILES string of the molecule is CCCCC1(OC(C)=O)C=CC(=O)O1. The fourth-order valence-corrected chi connectivity index (χ4v) is 1.34. The van der Waals surface area contributed by atoms with Gasteiger partial charge in [0.15, 0.2) is 0 Å². The van der Waals surface area contributed by atoms with Crippen LogP contribution in [0, 0.1) is 0 Å². The molecule has 0 amide bonds. The highest BCUT2D eigenvalue weighted by atomic mass is 16.7. The van der Waals surface area contributed by atoms with Crippen LogP contribution in [0.15, 0.2) is 12.2 Å². The first-order chi connectivity index (χ1) is 6.58. The van der Waals surface area contributed by atoms with Crippen LogP contribution in [0.25, 0.3) is 0 Å². The Balaban J connectivity index is 2.65. The third-order valence-corrected chi connectivity index (χ3v) is 1.94. The number of esters is 2. The molecule has 0 aliphatic carbocycles. The van der Waals surface area contributed by atoms with Gasteiger partial charge in [-0.1, -0.05) is 13.3 Å². The molecule has 1 unspecified atom stereocenters. The van der Waals surface area contributed by atoms with E-state index in [1.807, 2.05) is 6.92 Å². The second kappa shape index (κ2) is 4.26. The van der Waals surface area contributed by atoms with Crippen LogP contribution in [0.4, 0.5) is 0 Å². The molecule has 0 aromatic rings. The third kappa shape index (κ3) is 2.58. The van der Waals surface area contributed by atoms with Gasteiger partial charge in [-0.15, -0.1) is 0 Å². The normalized spacial score (nSPS) is 24.9. The van der Waals surface area contributed by atoms with Crippen molar-refractivity contribution in [1.29, 1.82) is 0 Å². The monoisotopic (exact) mass is 198 g/mol. The van der Waals surface area contributed by atoms with E-state index in [1.165, 1.54) is 19.1 Å². The summed E-state index contributed by atoms with van der Waals surface area (Å²) in [4.78, 5) is 21.7. The zero-order valence-electron chi connectivity index (χ0n) is 8.41. The standard InChI is InChI=1S/C10H14O4/c1-3-4-6-10(13-8(2)11)7-5-9(12)14-10/h5,7H,3-4,6H2,1-2H3. The zero-order chi connectivity index (χ0) is 10.6. The van der Waals surface area contributed by atoms with Crippen molar-refractivity contribution in [2.75, 3.05) is 0 Å². The van der Waals surface area contributed by atoms with Crippen LogP contribution in [0.5, 0.6) is 0 Å². The first-order valence-electron chi connectivity index (χ1n) is 4.70. The molecular formula is C10H14O4. The maximum atomic E-state index is 10.9. The summed E-state index contributed by atoms with van der Waals surface area (Å²) in [5, 5.41) is 0. The van der Waals surface area contributed by atoms with Gasteiger partial charge in [-0.05, 0) is 6.42 Å². The van der Waals surface area contributed by atoms with Crippen molar-refractivity contribution in [1.82, 2.24) is 0 Å². The molecule has 14 heavy (non-hydrogen) atoms. The Kier molecular flexibility index (Phi) is 3.28. The van der Waals surface area contributed by atoms with Gasteiger partial charge in [-0.3, -0.25) is 4.79 Å². The number of ether oxygens (including phenoxy) is 2. The number of unbranched alkanes of at least 4 members (excludes halogenated alkanes) is 1. The summed E-state index contributed by atoms with van der Waals surface area (Å²) in [5.74, 6) is -2.04. The first kappa shape index (κ1) is 10.8. The van der Waals surface area contributed by atoms with E-state index in [0.29, 0.717) is 6.42 Å². The van der Waals surface area contributed by atoms with E-state index in [4.69, 9.17) is 9.47 Å². The smallest absolute Gasteiger partial charge is 0.334 e. The summed E-state index contributed by atoms with van der Waals surface area (Å²) < 4.78 is 9.97. The first-order valence-corrected chi connectivity index (χ1v) is 4.70. The van der Waals surface area contributed by atoms with E-state index >= 15 is 0 Å². The van der Waals surface area contributed by atoms with Crippen LogP contribution in [-0.2, 0) is 19.1 Å². The number of hydrogen-bond acceptors (Lipinski definition) is 4. The summed E-state index contributed by atoms with van der Waals surface area (Å²) in [6, 6.07) is 0. The van der Waals surface area contributed by atoms with E-state index in [9.17, 15) is 9.59 Å². The van der Waals surface area contributed by atoms with Gasteiger partial charge in [-0.25, -0.2) is 4.79 Å². The fraction of sp³-hybridized carbons (Fsp3) is 0.600. The molecule has 0 aromatic carbocycles. The van der Waals surface area contributed by atoms with Gasteiger partial charge in [-0.2, -0.15) is 0 Å². The lowest BCUT2D eigenvalue weighted by atomic mass is 10.1. The highest BCUT2D eigenvalue weighted by molar-refractivity contribution is 5.85. The highest BCUT2D eigenvalue weighted by Gasteiger charge is 2.38. The van der Waals surface area contributed by atoms with Gasteiger partial charge in [0.05, 0.1) is 0 Å². The summed E-state index contributed by atoms with van der Waals surface area (Å²) in [7, 11) is 0. The Morgan fingerprint density at radius 1 is 1.64 bits per heavy atom. The van der Waals surface area contributed by atoms with Crippen LogP contribution in [0.2, 0.25) is 0 Å². The molecular weight excluding hydrogens is 184 g/mol. The summed E-state index contributed by atoms with van der Waals surface area (Å²) in [5.41, 5.74) is 0. The van der Waals surface area contributed by atoms with E-state index in [-0.39, 0.29) is 0 Å². The van der Waals surface area contributed by atoms with Gasteiger partial charge >= 0.3 is 11.9 Å². The van der Waals surface area contributed by atoms with Crippen molar-refractivity contribution >= 4 is 11.9 Å². The largest absolute Gasteiger partial charge is 0.419 e. The van der Waals surface area contributed by atoms with Crippen molar-refractivity contribution in [3.8, 4) is 0 Å². The molecule has 1 aliphatic heterocycles. The number of rotatable bonds is 4. The van der Waals surface area contributed by atoms with Crippen LogP contribution >= 0.6 is 0 Å². The van der Waals surface area contributed by atoms with Gasteiger partial charge in [0.1, 0.15) is 0 Å². The number of cyclic esters (lactones) is 1. The second-order valence-corrected chi connectivity index (χ2v) is 3.26. The molecule has 0 N–H and O–H groups in total. The molecule has 4 nitrogen and oxygen atoms in total. The molecule has 1 rings (SSSR count). The lowest BCUT2D eigenvalue weighted by molar-refractivity contribution is -0.204. The second-order valence-electron chi connectivity index (χ2n) is 3.26. The number of hydrogen-bond donors (Lipinski definition) is 0. The van der Waals surface area contributed by atoms with Gasteiger partial charge < -0.3 is 9.47 Å². The van der Waals surface area contributed by atoms with Crippen molar-refractivity contribution in [2.24, 2.45) is 0 Å². The molecule has 1 atom stereocenters. The maximum absolute atomic E-state index is 10.9. The molecule has 0 bridgehead atoms. The van der Waals surface area contributed by atoms with Crippen LogP contribution in [0.1, 0.15) is 33.1 Å². The average molecular weight is 198 g/mol. The van der Waals surface area contributed by atoms with Gasteiger partial charge in [0, 0.05) is 25.5 Å². The van der Waals surface area contributed by atoms with Crippen LogP contribution < -0.4 is 0 Å². The molecule has 78 valence electrons. The Labute approximate surface area is 82.9 Å². The van der Waals surface area contributed by atoms with E-state index in [0.717, 1.165) is 12.8 Å². The molecule has 0 aromatic heterocycles. The third-order valence-electron chi connectivity index (χ3n) is 1.94. The van der Waals surface area contributed by atoms with Gasteiger partial charge in [0.25, 0.3) is 5.79 Å². The predicted octanol–water partition coefficient (Wildman–Crippen LogP) is 1.55.